The lowest BCUT2D eigenvalue weighted by Gasteiger charge is -2.12. The third-order valence-corrected chi connectivity index (χ3v) is 5.91. The lowest BCUT2D eigenvalue weighted by atomic mass is 10.1. The van der Waals surface area contributed by atoms with Crippen molar-refractivity contribution in [2.24, 2.45) is 0 Å². The Balaban J connectivity index is 1.49. The molecule has 2 amide bonds. The molecule has 3 N–H and O–H groups in total. The summed E-state index contributed by atoms with van der Waals surface area (Å²) >= 11 is 0. The number of hydrogen-bond acceptors (Lipinski definition) is 5. The fraction of sp³-hybridized carbons (Fsp3) is 0.182. The van der Waals surface area contributed by atoms with Gasteiger partial charge in [-0.3, -0.25) is 20.4 Å². The van der Waals surface area contributed by atoms with Gasteiger partial charge in [0.2, 0.25) is 15.9 Å². The van der Waals surface area contributed by atoms with E-state index in [1.807, 2.05) is 19.1 Å². The second-order valence-electron chi connectivity index (χ2n) is 6.66. The number of carbonyl (C=O) groups excluding carboxylic acids is 2. The molecular weight excluding hydrogens is 432 g/mol. The number of aromatic nitrogens is 1. The summed E-state index contributed by atoms with van der Waals surface area (Å²) < 4.78 is 34.1. The molecule has 3 aromatic rings. The van der Waals surface area contributed by atoms with Gasteiger partial charge in [-0.25, -0.2) is 13.1 Å². The molecule has 2 aromatic carbocycles. The Bertz CT molecular complexity index is 1160. The number of nitrogens with zero attached hydrogens (tertiary/aromatic N) is 1. The molecule has 0 aliphatic rings. The normalized spacial score (nSPS) is 11.0. The van der Waals surface area contributed by atoms with Crippen molar-refractivity contribution in [3.8, 4) is 11.4 Å². The van der Waals surface area contributed by atoms with Crippen LogP contribution in [0.25, 0.3) is 5.69 Å². The van der Waals surface area contributed by atoms with Crippen LogP contribution < -0.4 is 20.3 Å². The molecule has 168 valence electrons. The molecule has 0 atom stereocenters. The fourth-order valence-electron chi connectivity index (χ4n) is 2.91. The van der Waals surface area contributed by atoms with Gasteiger partial charge in [-0.15, -0.1) is 0 Å². The maximum Gasteiger partial charge on any atom is 0.271 e. The Morgan fingerprint density at radius 2 is 1.62 bits per heavy atom. The molecule has 0 aliphatic carbocycles. The smallest absolute Gasteiger partial charge is 0.271 e. The van der Waals surface area contributed by atoms with Crippen molar-refractivity contribution < 1.29 is 22.7 Å². The van der Waals surface area contributed by atoms with E-state index < -0.39 is 21.8 Å². The molecule has 0 radical (unpaired) electrons. The molecule has 10 heteroatoms. The quantitative estimate of drug-likeness (QED) is 0.426. The van der Waals surface area contributed by atoms with E-state index in [1.165, 1.54) is 12.1 Å². The van der Waals surface area contributed by atoms with E-state index in [-0.39, 0.29) is 17.9 Å². The molecule has 0 fully saturated rings. The number of rotatable bonds is 9. The number of nitrogens with one attached hydrogen (secondary N) is 3. The minimum atomic E-state index is -3.77. The molecular formula is C22H24N4O5S. The zero-order valence-corrected chi connectivity index (χ0v) is 18.3. The number of ether oxygens (including phenoxy) is 1. The highest BCUT2D eigenvalue weighted by Gasteiger charge is 2.16. The highest BCUT2D eigenvalue weighted by atomic mass is 32.2. The molecule has 0 unspecified atom stereocenters. The zero-order chi connectivity index (χ0) is 23.0. The highest BCUT2D eigenvalue weighted by Crippen LogP contribution is 2.16. The Kier molecular flexibility index (Phi) is 7.63. The van der Waals surface area contributed by atoms with Gasteiger partial charge in [-0.2, -0.15) is 0 Å². The summed E-state index contributed by atoms with van der Waals surface area (Å²) in [6, 6.07) is 16.6. The van der Waals surface area contributed by atoms with E-state index in [1.54, 1.807) is 53.4 Å². The minimum Gasteiger partial charge on any atom is -0.494 e. The molecule has 0 saturated heterocycles. The molecule has 1 heterocycles. The number of benzene rings is 2. The topological polar surface area (TPSA) is 119 Å². The number of amides is 2. The summed E-state index contributed by atoms with van der Waals surface area (Å²) in [4.78, 5) is 24.6. The Labute approximate surface area is 186 Å². The number of para-hydroxylation sites is 1. The average molecular weight is 457 g/mol. The lowest BCUT2D eigenvalue weighted by Crippen LogP contribution is -2.43. The van der Waals surface area contributed by atoms with Gasteiger partial charge in [0.15, 0.2) is 0 Å². The number of sulfonamides is 1. The average Bonchev–Trinajstić information content (AvgIpc) is 3.33. The van der Waals surface area contributed by atoms with Crippen molar-refractivity contribution >= 4 is 21.8 Å². The number of carbonyl (C=O) groups is 2. The Morgan fingerprint density at radius 1 is 0.938 bits per heavy atom. The van der Waals surface area contributed by atoms with Crippen LogP contribution in [0, 0.1) is 0 Å². The van der Waals surface area contributed by atoms with Crippen LogP contribution >= 0.6 is 0 Å². The number of hydrogen-bond donors (Lipinski definition) is 3. The van der Waals surface area contributed by atoms with Crippen LogP contribution in [0.3, 0.4) is 0 Å². The standard InChI is InChI=1S/C22H24N4O5S/c1-2-31-17-9-11-18(12-10-17)32(29,30)23-14-13-21(27)24-25-22(28)19-7-3-4-8-20(19)26-15-5-6-16-26/h3-12,15-16,23H,2,13-14H2,1H3,(H,24,27)(H,25,28). The van der Waals surface area contributed by atoms with Crippen LogP contribution in [-0.2, 0) is 14.8 Å². The molecule has 0 aliphatic heterocycles. The molecule has 0 spiro atoms. The summed E-state index contributed by atoms with van der Waals surface area (Å²) in [6.07, 6.45) is 3.46. The second-order valence-corrected chi connectivity index (χ2v) is 8.43. The van der Waals surface area contributed by atoms with E-state index in [0.717, 1.165) is 0 Å². The van der Waals surface area contributed by atoms with Gasteiger partial charge in [0.25, 0.3) is 5.91 Å². The van der Waals surface area contributed by atoms with Crippen molar-refractivity contribution in [3.63, 3.8) is 0 Å². The summed E-state index contributed by atoms with van der Waals surface area (Å²) in [7, 11) is -3.77. The van der Waals surface area contributed by atoms with Gasteiger partial charge < -0.3 is 9.30 Å². The van der Waals surface area contributed by atoms with Gasteiger partial charge in [0, 0.05) is 25.4 Å². The Morgan fingerprint density at radius 3 is 2.31 bits per heavy atom. The summed E-state index contributed by atoms with van der Waals surface area (Å²) in [5.41, 5.74) is 5.69. The predicted molar refractivity (Wildman–Crippen MR) is 119 cm³/mol. The first-order chi connectivity index (χ1) is 15.4. The maximum atomic E-state index is 12.5. The van der Waals surface area contributed by atoms with Crippen molar-refractivity contribution in [1.82, 2.24) is 20.1 Å². The van der Waals surface area contributed by atoms with Crippen molar-refractivity contribution in [2.75, 3.05) is 13.2 Å². The van der Waals surface area contributed by atoms with Crippen LogP contribution in [0.15, 0.2) is 78.0 Å². The van der Waals surface area contributed by atoms with Crippen LogP contribution in [0.5, 0.6) is 5.75 Å². The van der Waals surface area contributed by atoms with Gasteiger partial charge in [-0.1, -0.05) is 12.1 Å². The van der Waals surface area contributed by atoms with Crippen LogP contribution in [0.2, 0.25) is 0 Å². The highest BCUT2D eigenvalue weighted by molar-refractivity contribution is 7.89. The molecule has 32 heavy (non-hydrogen) atoms. The van der Waals surface area contributed by atoms with E-state index in [0.29, 0.717) is 23.6 Å². The lowest BCUT2D eigenvalue weighted by molar-refractivity contribution is -0.121. The summed E-state index contributed by atoms with van der Waals surface area (Å²) in [5, 5.41) is 0. The van der Waals surface area contributed by atoms with Crippen molar-refractivity contribution in [2.45, 2.75) is 18.2 Å². The first kappa shape index (κ1) is 23.0. The van der Waals surface area contributed by atoms with Gasteiger partial charge in [0.05, 0.1) is 22.8 Å². The second kappa shape index (κ2) is 10.6. The summed E-state index contributed by atoms with van der Waals surface area (Å²) in [6.45, 7) is 2.19. The molecule has 9 nitrogen and oxygen atoms in total. The van der Waals surface area contributed by atoms with Crippen LogP contribution in [0.4, 0.5) is 0 Å². The first-order valence-corrected chi connectivity index (χ1v) is 11.4. The SMILES string of the molecule is CCOc1ccc(S(=O)(=O)NCCC(=O)NNC(=O)c2ccccc2-n2cccc2)cc1. The Hall–Kier alpha value is -3.63. The maximum absolute atomic E-state index is 12.5. The van der Waals surface area contributed by atoms with Gasteiger partial charge >= 0.3 is 0 Å². The van der Waals surface area contributed by atoms with E-state index >= 15 is 0 Å². The fourth-order valence-corrected chi connectivity index (χ4v) is 3.94. The van der Waals surface area contributed by atoms with Crippen LogP contribution in [0.1, 0.15) is 23.7 Å². The van der Waals surface area contributed by atoms with Crippen molar-refractivity contribution in [1.29, 1.82) is 0 Å². The van der Waals surface area contributed by atoms with E-state index in [4.69, 9.17) is 4.74 Å². The summed E-state index contributed by atoms with van der Waals surface area (Å²) in [5.74, 6) is -0.455. The molecule has 1 aromatic heterocycles. The monoisotopic (exact) mass is 456 g/mol. The van der Waals surface area contributed by atoms with E-state index in [2.05, 4.69) is 15.6 Å². The third-order valence-electron chi connectivity index (χ3n) is 4.44. The van der Waals surface area contributed by atoms with E-state index in [9.17, 15) is 18.0 Å². The van der Waals surface area contributed by atoms with Crippen LogP contribution in [-0.4, -0.2) is 38.0 Å². The largest absolute Gasteiger partial charge is 0.494 e. The first-order valence-electron chi connectivity index (χ1n) is 9.95. The molecule has 0 saturated carbocycles. The third kappa shape index (κ3) is 5.96. The predicted octanol–water partition coefficient (Wildman–Crippen LogP) is 2.01. The number of hydrazine groups is 1. The minimum absolute atomic E-state index is 0.0660. The van der Waals surface area contributed by atoms with Gasteiger partial charge in [0.1, 0.15) is 5.75 Å². The zero-order valence-electron chi connectivity index (χ0n) is 17.4. The van der Waals surface area contributed by atoms with Gasteiger partial charge in [-0.05, 0) is 55.5 Å². The molecule has 3 rings (SSSR count). The van der Waals surface area contributed by atoms with Crippen molar-refractivity contribution in [3.05, 3.63) is 78.6 Å². The molecule has 0 bridgehead atoms.